The molecule has 0 aliphatic carbocycles. The molecule has 11 heavy (non-hydrogen) atoms. The second-order valence-corrected chi connectivity index (χ2v) is 3.26. The Hall–Kier alpha value is -0.330. The number of hydrogen-bond donors (Lipinski definition) is 0. The maximum Gasteiger partial charge on any atom is 0.135 e. The normalized spacial score (nSPS) is 13.0. The first-order valence-electron chi connectivity index (χ1n) is 4.75. The van der Waals surface area contributed by atoms with Crippen molar-refractivity contribution in [3.05, 3.63) is 0 Å². The zero-order chi connectivity index (χ0) is 8.69. The number of unbranched alkanes of at least 4 members (excludes halogenated alkanes) is 1. The highest BCUT2D eigenvalue weighted by atomic mass is 16.1. The molecule has 0 fully saturated rings. The maximum absolute atomic E-state index is 11.2. The highest BCUT2D eigenvalue weighted by Crippen LogP contribution is 2.11. The fourth-order valence-electron chi connectivity index (χ4n) is 1.16. The van der Waals surface area contributed by atoms with Crippen molar-refractivity contribution in [2.24, 2.45) is 5.92 Å². The van der Waals surface area contributed by atoms with Crippen molar-refractivity contribution in [2.45, 2.75) is 52.9 Å². The van der Waals surface area contributed by atoms with Crippen LogP contribution in [0.15, 0.2) is 0 Å². The molecular formula is C10H20O. The van der Waals surface area contributed by atoms with Crippen molar-refractivity contribution in [2.75, 3.05) is 0 Å². The van der Waals surface area contributed by atoms with Gasteiger partial charge in [0, 0.05) is 12.3 Å². The molecular weight excluding hydrogens is 136 g/mol. The lowest BCUT2D eigenvalue weighted by molar-refractivity contribution is -0.122. The van der Waals surface area contributed by atoms with Gasteiger partial charge in [0.2, 0.25) is 0 Å². The minimum Gasteiger partial charge on any atom is -0.299 e. The van der Waals surface area contributed by atoms with Crippen LogP contribution in [-0.2, 0) is 4.79 Å². The molecule has 0 radical (unpaired) electrons. The van der Waals surface area contributed by atoms with E-state index >= 15 is 0 Å². The van der Waals surface area contributed by atoms with Crippen molar-refractivity contribution >= 4 is 5.78 Å². The molecule has 1 nitrogen and oxygen atoms in total. The monoisotopic (exact) mass is 156 g/mol. The molecule has 0 rings (SSSR count). The predicted octanol–water partition coefficient (Wildman–Crippen LogP) is 3.18. The molecule has 0 heterocycles. The third-order valence-electron chi connectivity index (χ3n) is 2.04. The Balaban J connectivity index is 3.46. The molecule has 0 aliphatic rings. The van der Waals surface area contributed by atoms with E-state index in [-0.39, 0.29) is 0 Å². The summed E-state index contributed by atoms with van der Waals surface area (Å²) >= 11 is 0. The van der Waals surface area contributed by atoms with Gasteiger partial charge < -0.3 is 0 Å². The van der Waals surface area contributed by atoms with E-state index < -0.39 is 0 Å². The molecule has 0 aromatic carbocycles. The molecule has 1 atom stereocenters. The summed E-state index contributed by atoms with van der Waals surface area (Å²) in [4.78, 5) is 11.2. The van der Waals surface area contributed by atoms with Crippen LogP contribution in [0.5, 0.6) is 0 Å². The van der Waals surface area contributed by atoms with Crippen LogP contribution in [0.3, 0.4) is 0 Å². The molecule has 0 saturated heterocycles. The topological polar surface area (TPSA) is 17.1 Å². The van der Waals surface area contributed by atoms with Gasteiger partial charge in [0.1, 0.15) is 5.78 Å². The van der Waals surface area contributed by atoms with Crippen LogP contribution in [0, 0.1) is 5.92 Å². The lowest BCUT2D eigenvalue weighted by Gasteiger charge is -2.07. The standard InChI is InChI=1S/C10H20O/c1-4-6-8-9(3)10(11)7-5-2/h9H,4-8H2,1-3H3. The summed E-state index contributed by atoms with van der Waals surface area (Å²) in [6, 6.07) is 0. The summed E-state index contributed by atoms with van der Waals surface area (Å²) in [7, 11) is 0. The zero-order valence-electron chi connectivity index (χ0n) is 8.02. The van der Waals surface area contributed by atoms with E-state index in [0.29, 0.717) is 11.7 Å². The van der Waals surface area contributed by atoms with Crippen molar-refractivity contribution in [3.8, 4) is 0 Å². The smallest absolute Gasteiger partial charge is 0.135 e. The summed E-state index contributed by atoms with van der Waals surface area (Å²) in [5.41, 5.74) is 0. The van der Waals surface area contributed by atoms with Crippen LogP contribution in [0.25, 0.3) is 0 Å². The van der Waals surface area contributed by atoms with E-state index in [4.69, 9.17) is 0 Å². The zero-order valence-corrected chi connectivity index (χ0v) is 8.02. The summed E-state index contributed by atoms with van der Waals surface area (Å²) in [5, 5.41) is 0. The second kappa shape index (κ2) is 6.38. The Morgan fingerprint density at radius 1 is 1.27 bits per heavy atom. The van der Waals surface area contributed by atoms with E-state index in [9.17, 15) is 4.79 Å². The number of ketones is 1. The Kier molecular flexibility index (Phi) is 6.19. The minimum absolute atomic E-state index is 0.301. The van der Waals surface area contributed by atoms with Crippen molar-refractivity contribution < 1.29 is 4.79 Å². The SMILES string of the molecule is CCCCC(C)C(=O)CCC. The third kappa shape index (κ3) is 5.00. The van der Waals surface area contributed by atoms with Crippen LogP contribution in [0.4, 0.5) is 0 Å². The molecule has 66 valence electrons. The van der Waals surface area contributed by atoms with E-state index in [1.807, 2.05) is 6.92 Å². The van der Waals surface area contributed by atoms with Gasteiger partial charge >= 0.3 is 0 Å². The van der Waals surface area contributed by atoms with Crippen molar-refractivity contribution in [1.29, 1.82) is 0 Å². The number of hydrogen-bond acceptors (Lipinski definition) is 1. The van der Waals surface area contributed by atoms with E-state index in [1.165, 1.54) is 12.8 Å². The summed E-state index contributed by atoms with van der Waals surface area (Å²) in [6.45, 7) is 6.27. The van der Waals surface area contributed by atoms with Gasteiger partial charge in [0.05, 0.1) is 0 Å². The first kappa shape index (κ1) is 10.7. The average molecular weight is 156 g/mol. The first-order valence-corrected chi connectivity index (χ1v) is 4.75. The molecule has 1 heteroatoms. The molecule has 0 N–H and O–H groups in total. The highest BCUT2D eigenvalue weighted by molar-refractivity contribution is 5.80. The average Bonchev–Trinajstić information content (AvgIpc) is 2.00. The van der Waals surface area contributed by atoms with E-state index in [2.05, 4.69) is 13.8 Å². The summed E-state index contributed by atoms with van der Waals surface area (Å²) in [5.74, 6) is 0.746. The van der Waals surface area contributed by atoms with Gasteiger partial charge in [-0.1, -0.05) is 33.6 Å². The predicted molar refractivity (Wildman–Crippen MR) is 48.6 cm³/mol. The van der Waals surface area contributed by atoms with Crippen molar-refractivity contribution in [3.63, 3.8) is 0 Å². The Bertz CT molecular complexity index is 107. The van der Waals surface area contributed by atoms with E-state index in [0.717, 1.165) is 19.3 Å². The Morgan fingerprint density at radius 3 is 2.36 bits per heavy atom. The lowest BCUT2D eigenvalue weighted by Crippen LogP contribution is -2.09. The van der Waals surface area contributed by atoms with Gasteiger partial charge in [-0.15, -0.1) is 0 Å². The molecule has 0 spiro atoms. The Labute approximate surface area is 70.2 Å². The fraction of sp³-hybridized carbons (Fsp3) is 0.900. The molecule has 0 aromatic rings. The second-order valence-electron chi connectivity index (χ2n) is 3.26. The number of carbonyl (C=O) groups is 1. The van der Waals surface area contributed by atoms with Gasteiger partial charge in [0.15, 0.2) is 0 Å². The minimum atomic E-state index is 0.301. The summed E-state index contributed by atoms with van der Waals surface area (Å²) in [6.07, 6.45) is 5.23. The maximum atomic E-state index is 11.2. The van der Waals surface area contributed by atoms with Gasteiger partial charge in [-0.05, 0) is 12.8 Å². The van der Waals surface area contributed by atoms with Crippen LogP contribution in [0.1, 0.15) is 52.9 Å². The van der Waals surface area contributed by atoms with Gasteiger partial charge in [-0.3, -0.25) is 4.79 Å². The van der Waals surface area contributed by atoms with Crippen LogP contribution < -0.4 is 0 Å². The summed E-state index contributed by atoms with van der Waals surface area (Å²) < 4.78 is 0. The number of Topliss-reactive ketones (excluding diaryl/α,β-unsaturated/α-hetero) is 1. The molecule has 0 amide bonds. The van der Waals surface area contributed by atoms with Gasteiger partial charge in [-0.25, -0.2) is 0 Å². The molecule has 0 aromatic heterocycles. The molecule has 0 saturated carbocycles. The largest absolute Gasteiger partial charge is 0.299 e. The third-order valence-corrected chi connectivity index (χ3v) is 2.04. The number of carbonyl (C=O) groups excluding carboxylic acids is 1. The van der Waals surface area contributed by atoms with Crippen LogP contribution in [-0.4, -0.2) is 5.78 Å². The fourth-order valence-corrected chi connectivity index (χ4v) is 1.16. The first-order chi connectivity index (χ1) is 5.22. The van der Waals surface area contributed by atoms with Gasteiger partial charge in [-0.2, -0.15) is 0 Å². The molecule has 0 aliphatic heterocycles. The quantitative estimate of drug-likeness (QED) is 0.577. The van der Waals surface area contributed by atoms with Crippen LogP contribution in [0.2, 0.25) is 0 Å². The van der Waals surface area contributed by atoms with Crippen molar-refractivity contribution in [1.82, 2.24) is 0 Å². The Morgan fingerprint density at radius 2 is 1.91 bits per heavy atom. The van der Waals surface area contributed by atoms with E-state index in [1.54, 1.807) is 0 Å². The van der Waals surface area contributed by atoms with Crippen LogP contribution >= 0.6 is 0 Å². The van der Waals surface area contributed by atoms with Gasteiger partial charge in [0.25, 0.3) is 0 Å². The lowest BCUT2D eigenvalue weighted by atomic mass is 9.97. The number of rotatable bonds is 6. The highest BCUT2D eigenvalue weighted by Gasteiger charge is 2.09. The molecule has 1 unspecified atom stereocenters. The molecule has 0 bridgehead atoms.